The minimum absolute atomic E-state index is 0.0901. The molecule has 2 heterocycles. The number of likely N-dealkylation sites (tertiary alicyclic amines) is 1. The van der Waals surface area contributed by atoms with Crippen molar-refractivity contribution in [3.8, 4) is 0 Å². The van der Waals surface area contributed by atoms with Crippen molar-refractivity contribution in [2.45, 2.75) is 45.2 Å². The minimum atomic E-state index is -3.08. The van der Waals surface area contributed by atoms with Crippen molar-refractivity contribution in [3.05, 3.63) is 16.1 Å². The lowest BCUT2D eigenvalue weighted by molar-refractivity contribution is 0.198. The molecule has 0 aromatic carbocycles. The lowest BCUT2D eigenvalue weighted by Gasteiger charge is -2.31. The topological polar surface area (TPSA) is 62.3 Å². The zero-order valence-corrected chi connectivity index (χ0v) is 13.8. The summed E-state index contributed by atoms with van der Waals surface area (Å²) in [4.78, 5) is 6.99. The highest BCUT2D eigenvalue weighted by Gasteiger charge is 2.22. The van der Waals surface area contributed by atoms with Crippen molar-refractivity contribution in [2.75, 3.05) is 19.3 Å². The molecule has 1 saturated heterocycles. The van der Waals surface area contributed by atoms with Gasteiger partial charge in [-0.2, -0.15) is 0 Å². The average Bonchev–Trinajstić information content (AvgIpc) is 2.78. The van der Waals surface area contributed by atoms with Crippen LogP contribution >= 0.6 is 11.3 Å². The predicted molar refractivity (Wildman–Crippen MR) is 82.4 cm³/mol. The van der Waals surface area contributed by atoms with Crippen LogP contribution in [0, 0.1) is 0 Å². The van der Waals surface area contributed by atoms with E-state index in [0.717, 1.165) is 51.0 Å². The van der Waals surface area contributed by atoms with Gasteiger partial charge in [0, 0.05) is 31.1 Å². The monoisotopic (exact) mass is 317 g/mol. The van der Waals surface area contributed by atoms with Crippen LogP contribution < -0.4 is 4.72 Å². The summed E-state index contributed by atoms with van der Waals surface area (Å²) in [5.41, 5.74) is 1.15. The number of piperidine rings is 1. The molecule has 0 unspecified atom stereocenters. The first-order chi connectivity index (χ1) is 9.46. The fourth-order valence-corrected chi connectivity index (χ4v) is 4.22. The summed E-state index contributed by atoms with van der Waals surface area (Å²) < 4.78 is 25.1. The van der Waals surface area contributed by atoms with Crippen LogP contribution in [0.3, 0.4) is 0 Å². The molecule has 0 amide bonds. The molecule has 0 saturated carbocycles. The van der Waals surface area contributed by atoms with E-state index >= 15 is 0 Å². The fourth-order valence-electron chi connectivity index (χ4n) is 2.49. The summed E-state index contributed by atoms with van der Waals surface area (Å²) in [6, 6.07) is 0.0901. The van der Waals surface area contributed by atoms with Crippen molar-refractivity contribution in [1.82, 2.24) is 14.6 Å². The van der Waals surface area contributed by atoms with Gasteiger partial charge in [0.1, 0.15) is 0 Å². The van der Waals surface area contributed by atoms with Gasteiger partial charge in [-0.1, -0.05) is 6.92 Å². The Morgan fingerprint density at radius 1 is 1.45 bits per heavy atom. The van der Waals surface area contributed by atoms with Gasteiger partial charge in [0.15, 0.2) is 0 Å². The molecule has 1 N–H and O–H groups in total. The van der Waals surface area contributed by atoms with Crippen molar-refractivity contribution >= 4 is 21.4 Å². The maximum atomic E-state index is 11.2. The normalized spacial score (nSPS) is 18.5. The molecular formula is C13H23N3O2S2. The van der Waals surface area contributed by atoms with E-state index in [0.29, 0.717) is 0 Å². The van der Waals surface area contributed by atoms with Crippen LogP contribution in [0.1, 0.15) is 36.9 Å². The van der Waals surface area contributed by atoms with E-state index in [4.69, 9.17) is 0 Å². The van der Waals surface area contributed by atoms with Crippen molar-refractivity contribution in [2.24, 2.45) is 0 Å². The van der Waals surface area contributed by atoms with E-state index in [9.17, 15) is 8.42 Å². The van der Waals surface area contributed by atoms with Gasteiger partial charge in [0.25, 0.3) is 0 Å². The standard InChI is InChI=1S/C13H23N3O2S2/c1-3-4-13-14-12(10-19-13)9-16-7-5-11(6-8-16)15-20(2,17)18/h10-11,15H,3-9H2,1-2H3. The number of aryl methyl sites for hydroxylation is 1. The van der Waals surface area contributed by atoms with Crippen LogP contribution in [0.25, 0.3) is 0 Å². The predicted octanol–water partition coefficient (Wildman–Crippen LogP) is 1.61. The number of thiazole rings is 1. The van der Waals surface area contributed by atoms with Crippen molar-refractivity contribution in [3.63, 3.8) is 0 Å². The molecule has 1 aliphatic rings. The smallest absolute Gasteiger partial charge is 0.208 e. The molecule has 0 atom stereocenters. The van der Waals surface area contributed by atoms with Crippen LogP contribution in [0.15, 0.2) is 5.38 Å². The summed E-state index contributed by atoms with van der Waals surface area (Å²) >= 11 is 1.74. The molecule has 0 bridgehead atoms. The average molecular weight is 317 g/mol. The Morgan fingerprint density at radius 2 is 2.15 bits per heavy atom. The van der Waals surface area contributed by atoms with Crippen LogP contribution in [0.4, 0.5) is 0 Å². The highest BCUT2D eigenvalue weighted by atomic mass is 32.2. The van der Waals surface area contributed by atoms with Gasteiger partial charge in [-0.15, -0.1) is 11.3 Å². The van der Waals surface area contributed by atoms with Crippen LogP contribution in [0.2, 0.25) is 0 Å². The van der Waals surface area contributed by atoms with Crippen LogP contribution in [-0.2, 0) is 23.0 Å². The molecule has 20 heavy (non-hydrogen) atoms. The first-order valence-corrected chi connectivity index (χ1v) is 9.86. The Morgan fingerprint density at radius 3 is 2.75 bits per heavy atom. The number of nitrogens with one attached hydrogen (secondary N) is 1. The molecule has 1 fully saturated rings. The van der Waals surface area contributed by atoms with Gasteiger partial charge in [-0.25, -0.2) is 18.1 Å². The van der Waals surface area contributed by atoms with Gasteiger partial charge in [-0.05, 0) is 25.7 Å². The van der Waals surface area contributed by atoms with E-state index in [1.165, 1.54) is 11.3 Å². The number of hydrogen-bond donors (Lipinski definition) is 1. The van der Waals surface area contributed by atoms with E-state index in [1.807, 2.05) is 0 Å². The van der Waals surface area contributed by atoms with Gasteiger partial charge in [0.2, 0.25) is 10.0 Å². The zero-order valence-electron chi connectivity index (χ0n) is 12.1. The molecule has 2 rings (SSSR count). The van der Waals surface area contributed by atoms with E-state index in [-0.39, 0.29) is 6.04 Å². The van der Waals surface area contributed by atoms with Crippen LogP contribution in [0.5, 0.6) is 0 Å². The first-order valence-electron chi connectivity index (χ1n) is 7.09. The highest BCUT2D eigenvalue weighted by molar-refractivity contribution is 7.88. The maximum absolute atomic E-state index is 11.2. The quantitative estimate of drug-likeness (QED) is 0.866. The minimum Gasteiger partial charge on any atom is -0.297 e. The highest BCUT2D eigenvalue weighted by Crippen LogP contribution is 2.17. The second kappa shape index (κ2) is 6.98. The molecule has 5 nitrogen and oxygen atoms in total. The number of hydrogen-bond acceptors (Lipinski definition) is 5. The lowest BCUT2D eigenvalue weighted by atomic mass is 10.1. The molecule has 1 aromatic rings. The summed E-state index contributed by atoms with van der Waals surface area (Å²) in [6.45, 7) is 4.90. The first kappa shape index (κ1) is 15.9. The Labute approximate surface area is 125 Å². The summed E-state index contributed by atoms with van der Waals surface area (Å²) in [6.07, 6.45) is 5.17. The van der Waals surface area contributed by atoms with Gasteiger partial charge >= 0.3 is 0 Å². The third-order valence-corrected chi connectivity index (χ3v) is 5.14. The van der Waals surface area contributed by atoms with Gasteiger partial charge in [-0.3, -0.25) is 4.90 Å². The number of aromatic nitrogens is 1. The fraction of sp³-hybridized carbons (Fsp3) is 0.769. The van der Waals surface area contributed by atoms with E-state index < -0.39 is 10.0 Å². The van der Waals surface area contributed by atoms with Crippen LogP contribution in [-0.4, -0.2) is 43.7 Å². The number of sulfonamides is 1. The molecular weight excluding hydrogens is 294 g/mol. The van der Waals surface area contributed by atoms with E-state index in [1.54, 1.807) is 11.3 Å². The molecule has 0 radical (unpaired) electrons. The van der Waals surface area contributed by atoms with E-state index in [2.05, 4.69) is 26.9 Å². The Bertz CT molecular complexity index is 519. The molecule has 1 aromatic heterocycles. The summed E-state index contributed by atoms with van der Waals surface area (Å²) in [7, 11) is -3.08. The Hall–Kier alpha value is -0.500. The Balaban J connectivity index is 1.79. The van der Waals surface area contributed by atoms with Gasteiger partial charge < -0.3 is 0 Å². The third-order valence-electron chi connectivity index (χ3n) is 3.42. The SMILES string of the molecule is CCCc1nc(CN2CCC(NS(C)(=O)=O)CC2)cs1. The third kappa shape index (κ3) is 5.12. The zero-order chi connectivity index (χ0) is 14.6. The molecule has 0 spiro atoms. The molecule has 0 aliphatic carbocycles. The number of rotatable bonds is 6. The van der Waals surface area contributed by atoms with Crippen molar-refractivity contribution in [1.29, 1.82) is 0 Å². The molecule has 1 aliphatic heterocycles. The summed E-state index contributed by atoms with van der Waals surface area (Å²) in [5, 5.41) is 3.36. The molecule has 114 valence electrons. The number of nitrogens with zero attached hydrogens (tertiary/aromatic N) is 2. The maximum Gasteiger partial charge on any atom is 0.208 e. The summed E-state index contributed by atoms with van der Waals surface area (Å²) in [5.74, 6) is 0. The van der Waals surface area contributed by atoms with Gasteiger partial charge in [0.05, 0.1) is 17.0 Å². The lowest BCUT2D eigenvalue weighted by Crippen LogP contribution is -2.43. The second-order valence-electron chi connectivity index (χ2n) is 5.42. The Kier molecular flexibility index (Phi) is 5.54. The largest absolute Gasteiger partial charge is 0.297 e. The molecule has 7 heteroatoms. The second-order valence-corrected chi connectivity index (χ2v) is 8.15. The van der Waals surface area contributed by atoms with Crippen molar-refractivity contribution < 1.29 is 8.42 Å².